The summed E-state index contributed by atoms with van der Waals surface area (Å²) in [4.78, 5) is 11.9. The molecule has 0 aromatic heterocycles. The van der Waals surface area contributed by atoms with E-state index < -0.39 is 5.41 Å². The van der Waals surface area contributed by atoms with Crippen molar-refractivity contribution in [2.75, 3.05) is 5.01 Å². The summed E-state index contributed by atoms with van der Waals surface area (Å²) in [5, 5.41) is 1.23. The van der Waals surface area contributed by atoms with Gasteiger partial charge in [-0.15, -0.1) is 0 Å². The summed E-state index contributed by atoms with van der Waals surface area (Å²) in [5.41, 5.74) is 1.30. The molecule has 82 valence electrons. The van der Waals surface area contributed by atoms with E-state index in [4.69, 9.17) is 5.84 Å². The van der Waals surface area contributed by atoms with Crippen molar-refractivity contribution in [1.29, 1.82) is 0 Å². The van der Waals surface area contributed by atoms with Crippen LogP contribution in [-0.2, 0) is 4.79 Å². The van der Waals surface area contributed by atoms with Gasteiger partial charge in [-0.05, 0) is 18.6 Å². The third kappa shape index (κ3) is 2.57. The molecule has 1 aromatic rings. The molecule has 0 fully saturated rings. The van der Waals surface area contributed by atoms with Crippen LogP contribution in [0.2, 0.25) is 0 Å². The molecule has 3 nitrogen and oxygen atoms in total. The number of hydrogen-bond acceptors (Lipinski definition) is 2. The molecule has 0 heterocycles. The van der Waals surface area contributed by atoms with E-state index in [1.807, 2.05) is 52.0 Å². The SMILES string of the molecule is Cc1ccccc1N(N)C(=O)C(C)(C)C. The Balaban J connectivity index is 3.01. The maximum absolute atomic E-state index is 11.9. The van der Waals surface area contributed by atoms with Crippen LogP contribution in [0.15, 0.2) is 24.3 Å². The Kier molecular flexibility index (Phi) is 3.15. The van der Waals surface area contributed by atoms with Crippen LogP contribution in [0, 0.1) is 12.3 Å². The fourth-order valence-electron chi connectivity index (χ4n) is 1.30. The summed E-state index contributed by atoms with van der Waals surface area (Å²) in [6.45, 7) is 7.50. The molecule has 0 aliphatic rings. The van der Waals surface area contributed by atoms with E-state index >= 15 is 0 Å². The minimum absolute atomic E-state index is 0.0863. The first-order valence-electron chi connectivity index (χ1n) is 4.99. The van der Waals surface area contributed by atoms with Crippen LogP contribution in [0.5, 0.6) is 0 Å². The van der Waals surface area contributed by atoms with Gasteiger partial charge >= 0.3 is 0 Å². The molecule has 0 saturated heterocycles. The second kappa shape index (κ2) is 4.03. The highest BCUT2D eigenvalue weighted by Crippen LogP contribution is 2.22. The van der Waals surface area contributed by atoms with Crippen molar-refractivity contribution >= 4 is 11.6 Å². The number of nitrogens with two attached hydrogens (primary N) is 1. The van der Waals surface area contributed by atoms with Crippen molar-refractivity contribution < 1.29 is 4.79 Å². The van der Waals surface area contributed by atoms with Gasteiger partial charge in [-0.1, -0.05) is 39.0 Å². The second-order valence-electron chi connectivity index (χ2n) is 4.71. The highest BCUT2D eigenvalue weighted by Gasteiger charge is 2.26. The molecule has 1 aromatic carbocycles. The zero-order chi connectivity index (χ0) is 11.6. The average molecular weight is 206 g/mol. The van der Waals surface area contributed by atoms with Crippen molar-refractivity contribution in [2.45, 2.75) is 27.7 Å². The third-order valence-corrected chi connectivity index (χ3v) is 2.24. The summed E-state index contributed by atoms with van der Waals surface area (Å²) >= 11 is 0. The summed E-state index contributed by atoms with van der Waals surface area (Å²) < 4.78 is 0. The molecule has 0 atom stereocenters. The molecule has 0 aliphatic heterocycles. The molecule has 15 heavy (non-hydrogen) atoms. The van der Waals surface area contributed by atoms with Crippen LogP contribution >= 0.6 is 0 Å². The molecule has 3 heteroatoms. The van der Waals surface area contributed by atoms with Gasteiger partial charge in [-0.2, -0.15) is 0 Å². The van der Waals surface area contributed by atoms with E-state index in [1.165, 1.54) is 5.01 Å². The Morgan fingerprint density at radius 2 is 1.80 bits per heavy atom. The number of amides is 1. The number of hydrazine groups is 1. The standard InChI is InChI=1S/C12H18N2O/c1-9-7-5-6-8-10(9)14(13)11(15)12(2,3)4/h5-8H,13H2,1-4H3. The minimum Gasteiger partial charge on any atom is -0.272 e. The van der Waals surface area contributed by atoms with Crippen LogP contribution in [-0.4, -0.2) is 5.91 Å². The van der Waals surface area contributed by atoms with Crippen molar-refractivity contribution in [3.8, 4) is 0 Å². The van der Waals surface area contributed by atoms with Gasteiger partial charge in [0.05, 0.1) is 5.69 Å². The lowest BCUT2D eigenvalue weighted by Gasteiger charge is -2.26. The molecule has 0 bridgehead atoms. The predicted octanol–water partition coefficient (Wildman–Crippen LogP) is 2.25. The van der Waals surface area contributed by atoms with E-state index in [2.05, 4.69) is 0 Å². The Hall–Kier alpha value is -1.35. The van der Waals surface area contributed by atoms with Crippen LogP contribution in [0.4, 0.5) is 5.69 Å². The molecule has 1 amide bonds. The normalized spacial score (nSPS) is 11.3. The predicted molar refractivity (Wildman–Crippen MR) is 62.3 cm³/mol. The van der Waals surface area contributed by atoms with Gasteiger partial charge < -0.3 is 0 Å². The third-order valence-electron chi connectivity index (χ3n) is 2.24. The number of aryl methyl sites for hydroxylation is 1. The highest BCUT2D eigenvalue weighted by atomic mass is 16.2. The van der Waals surface area contributed by atoms with Gasteiger partial charge in [-0.3, -0.25) is 4.79 Å². The van der Waals surface area contributed by atoms with Crippen molar-refractivity contribution in [3.05, 3.63) is 29.8 Å². The molecule has 2 N–H and O–H groups in total. The van der Waals surface area contributed by atoms with Gasteiger partial charge in [0, 0.05) is 5.41 Å². The average Bonchev–Trinajstić information content (AvgIpc) is 2.15. The second-order valence-corrected chi connectivity index (χ2v) is 4.71. The van der Waals surface area contributed by atoms with Gasteiger partial charge in [0.25, 0.3) is 0 Å². The monoisotopic (exact) mass is 206 g/mol. The number of benzene rings is 1. The van der Waals surface area contributed by atoms with Crippen LogP contribution < -0.4 is 10.9 Å². The Labute approximate surface area is 90.9 Å². The fraction of sp³-hybridized carbons (Fsp3) is 0.417. The molecule has 0 radical (unpaired) electrons. The number of anilines is 1. The molecule has 0 aliphatic carbocycles. The van der Waals surface area contributed by atoms with E-state index in [0.717, 1.165) is 11.3 Å². The first-order chi connectivity index (χ1) is 6.84. The number of carbonyl (C=O) groups is 1. The van der Waals surface area contributed by atoms with Crippen molar-refractivity contribution in [2.24, 2.45) is 11.3 Å². The van der Waals surface area contributed by atoms with Gasteiger partial charge in [0.15, 0.2) is 0 Å². The lowest BCUT2D eigenvalue weighted by molar-refractivity contribution is -0.125. The number of nitrogens with zero attached hydrogens (tertiary/aromatic N) is 1. The molecular weight excluding hydrogens is 188 g/mol. The molecular formula is C12H18N2O. The largest absolute Gasteiger partial charge is 0.272 e. The first kappa shape index (κ1) is 11.7. The number of carbonyl (C=O) groups excluding carboxylic acids is 1. The van der Waals surface area contributed by atoms with Crippen LogP contribution in [0.3, 0.4) is 0 Å². The van der Waals surface area contributed by atoms with E-state index in [0.29, 0.717) is 0 Å². The lowest BCUT2D eigenvalue weighted by atomic mass is 9.95. The van der Waals surface area contributed by atoms with Crippen molar-refractivity contribution in [1.82, 2.24) is 0 Å². The van der Waals surface area contributed by atoms with E-state index in [-0.39, 0.29) is 5.91 Å². The summed E-state index contributed by atoms with van der Waals surface area (Å²) in [6.07, 6.45) is 0. The smallest absolute Gasteiger partial charge is 0.246 e. The van der Waals surface area contributed by atoms with E-state index in [9.17, 15) is 4.79 Å². The Morgan fingerprint density at radius 3 is 2.27 bits per heavy atom. The zero-order valence-corrected chi connectivity index (χ0v) is 9.74. The van der Waals surface area contributed by atoms with Crippen molar-refractivity contribution in [3.63, 3.8) is 0 Å². The molecule has 0 unspecified atom stereocenters. The maximum Gasteiger partial charge on any atom is 0.246 e. The fourth-order valence-corrected chi connectivity index (χ4v) is 1.30. The number of hydrogen-bond donors (Lipinski definition) is 1. The lowest BCUT2D eigenvalue weighted by Crippen LogP contribution is -2.44. The van der Waals surface area contributed by atoms with Gasteiger partial charge in [0.2, 0.25) is 5.91 Å². The molecule has 0 saturated carbocycles. The topological polar surface area (TPSA) is 46.3 Å². The maximum atomic E-state index is 11.9. The number of rotatable bonds is 1. The van der Waals surface area contributed by atoms with Gasteiger partial charge in [0.1, 0.15) is 0 Å². The summed E-state index contributed by atoms with van der Waals surface area (Å²) in [6, 6.07) is 7.58. The zero-order valence-electron chi connectivity index (χ0n) is 9.74. The first-order valence-corrected chi connectivity index (χ1v) is 4.99. The Morgan fingerprint density at radius 1 is 1.27 bits per heavy atom. The van der Waals surface area contributed by atoms with Crippen LogP contribution in [0.1, 0.15) is 26.3 Å². The number of para-hydroxylation sites is 1. The molecule has 1 rings (SSSR count). The summed E-state index contributed by atoms with van der Waals surface area (Å²) in [7, 11) is 0. The minimum atomic E-state index is -0.461. The summed E-state index contributed by atoms with van der Waals surface area (Å²) in [5.74, 6) is 5.72. The van der Waals surface area contributed by atoms with Crippen LogP contribution in [0.25, 0.3) is 0 Å². The molecule has 0 spiro atoms. The Bertz CT molecular complexity index is 366. The van der Waals surface area contributed by atoms with E-state index in [1.54, 1.807) is 0 Å². The highest BCUT2D eigenvalue weighted by molar-refractivity contribution is 5.96. The quantitative estimate of drug-likeness (QED) is 0.435. The van der Waals surface area contributed by atoms with Gasteiger partial charge in [-0.25, -0.2) is 10.9 Å².